The monoisotopic (exact) mass is 425 g/mol. The summed E-state index contributed by atoms with van der Waals surface area (Å²) in [6.45, 7) is 3.11. The van der Waals surface area contributed by atoms with Gasteiger partial charge in [0.2, 0.25) is 0 Å². The lowest BCUT2D eigenvalue weighted by atomic mass is 9.94. The number of imidazole rings is 1. The SMILES string of the molecule is COc1ccc(Cn2c(CC3CCNCC3)nc3ccccc32)cc1.O=C(O)C(=O)O. The molecule has 2 aromatic carbocycles. The summed E-state index contributed by atoms with van der Waals surface area (Å²) in [4.78, 5) is 23.2. The maximum absolute atomic E-state index is 9.10. The highest BCUT2D eigenvalue weighted by atomic mass is 16.5. The number of hydrogen-bond acceptors (Lipinski definition) is 5. The van der Waals surface area contributed by atoms with Crippen LogP contribution in [0.2, 0.25) is 0 Å². The van der Waals surface area contributed by atoms with E-state index in [1.54, 1.807) is 7.11 Å². The van der Waals surface area contributed by atoms with Crippen LogP contribution >= 0.6 is 0 Å². The number of aromatic nitrogens is 2. The van der Waals surface area contributed by atoms with E-state index in [0.717, 1.165) is 43.2 Å². The number of aliphatic carboxylic acids is 2. The molecule has 2 heterocycles. The third-order valence-electron chi connectivity index (χ3n) is 5.35. The predicted molar refractivity (Wildman–Crippen MR) is 116 cm³/mol. The molecule has 0 bridgehead atoms. The molecule has 1 aromatic heterocycles. The Hall–Kier alpha value is -3.39. The van der Waals surface area contributed by atoms with Gasteiger partial charge in [-0.05, 0) is 61.7 Å². The van der Waals surface area contributed by atoms with Gasteiger partial charge in [-0.25, -0.2) is 14.6 Å². The summed E-state index contributed by atoms with van der Waals surface area (Å²) in [5.41, 5.74) is 3.60. The van der Waals surface area contributed by atoms with Gasteiger partial charge in [-0.2, -0.15) is 0 Å². The molecule has 0 atom stereocenters. The number of rotatable bonds is 5. The number of fused-ring (bicyclic) bond motifs is 1. The van der Waals surface area contributed by atoms with Gasteiger partial charge in [-0.3, -0.25) is 0 Å². The first-order chi connectivity index (χ1) is 15.0. The molecule has 3 N–H and O–H groups in total. The Morgan fingerprint density at radius 2 is 1.71 bits per heavy atom. The molecule has 0 radical (unpaired) electrons. The van der Waals surface area contributed by atoms with Crippen molar-refractivity contribution in [3.05, 3.63) is 59.9 Å². The smallest absolute Gasteiger partial charge is 0.414 e. The topological polar surface area (TPSA) is 114 Å². The van der Waals surface area contributed by atoms with E-state index in [-0.39, 0.29) is 0 Å². The highest BCUT2D eigenvalue weighted by Gasteiger charge is 2.18. The van der Waals surface area contributed by atoms with E-state index in [4.69, 9.17) is 29.5 Å². The van der Waals surface area contributed by atoms with Gasteiger partial charge in [0, 0.05) is 13.0 Å². The van der Waals surface area contributed by atoms with E-state index < -0.39 is 11.9 Å². The van der Waals surface area contributed by atoms with Crippen molar-refractivity contribution in [2.45, 2.75) is 25.8 Å². The number of carbonyl (C=O) groups is 2. The Labute approximate surface area is 180 Å². The number of para-hydroxylation sites is 2. The van der Waals surface area contributed by atoms with Crippen molar-refractivity contribution in [2.24, 2.45) is 5.92 Å². The Balaban J connectivity index is 0.000000401. The fraction of sp³-hybridized carbons (Fsp3) is 0.348. The van der Waals surface area contributed by atoms with E-state index in [2.05, 4.69) is 46.3 Å². The van der Waals surface area contributed by atoms with Gasteiger partial charge in [-0.1, -0.05) is 24.3 Å². The summed E-state index contributed by atoms with van der Waals surface area (Å²) in [6, 6.07) is 16.8. The minimum atomic E-state index is -1.82. The summed E-state index contributed by atoms with van der Waals surface area (Å²) in [5.74, 6) is -0.809. The van der Waals surface area contributed by atoms with E-state index in [1.165, 1.54) is 29.7 Å². The Morgan fingerprint density at radius 1 is 1.06 bits per heavy atom. The van der Waals surface area contributed by atoms with Crippen molar-refractivity contribution >= 4 is 23.0 Å². The highest BCUT2D eigenvalue weighted by Crippen LogP contribution is 2.23. The van der Waals surface area contributed by atoms with Crippen LogP contribution in [0, 0.1) is 5.92 Å². The van der Waals surface area contributed by atoms with E-state index in [0.29, 0.717) is 0 Å². The summed E-state index contributed by atoms with van der Waals surface area (Å²) >= 11 is 0. The summed E-state index contributed by atoms with van der Waals surface area (Å²) < 4.78 is 7.66. The predicted octanol–water partition coefficient (Wildman–Crippen LogP) is 2.79. The fourth-order valence-corrected chi connectivity index (χ4v) is 3.72. The molecule has 1 aliphatic heterocycles. The second kappa shape index (κ2) is 10.6. The zero-order valence-electron chi connectivity index (χ0n) is 17.5. The van der Waals surface area contributed by atoms with E-state index >= 15 is 0 Å². The molecule has 8 nitrogen and oxygen atoms in total. The van der Waals surface area contributed by atoms with Gasteiger partial charge in [0.25, 0.3) is 0 Å². The summed E-state index contributed by atoms with van der Waals surface area (Å²) in [5, 5.41) is 18.2. The molecule has 4 rings (SSSR count). The van der Waals surface area contributed by atoms with E-state index in [9.17, 15) is 0 Å². The lowest BCUT2D eigenvalue weighted by Crippen LogP contribution is -2.29. The molecule has 1 aliphatic rings. The lowest BCUT2D eigenvalue weighted by Gasteiger charge is -2.22. The van der Waals surface area contributed by atoms with Gasteiger partial charge in [0.05, 0.1) is 18.1 Å². The molecule has 0 spiro atoms. The first-order valence-corrected chi connectivity index (χ1v) is 10.2. The average Bonchev–Trinajstić information content (AvgIpc) is 3.12. The number of carboxylic acid groups (broad SMARTS) is 2. The quantitative estimate of drug-likeness (QED) is 0.539. The minimum absolute atomic E-state index is 0.729. The number of piperidine rings is 1. The van der Waals surface area contributed by atoms with Crippen molar-refractivity contribution in [1.29, 1.82) is 0 Å². The van der Waals surface area contributed by atoms with Crippen molar-refractivity contribution in [2.75, 3.05) is 20.2 Å². The minimum Gasteiger partial charge on any atom is -0.497 e. The number of ether oxygens (including phenoxy) is 1. The second-order valence-corrected chi connectivity index (χ2v) is 7.46. The van der Waals surface area contributed by atoms with Gasteiger partial charge in [-0.15, -0.1) is 0 Å². The molecule has 1 fully saturated rings. The molecule has 31 heavy (non-hydrogen) atoms. The van der Waals surface area contributed by atoms with Crippen LogP contribution in [-0.4, -0.2) is 51.9 Å². The maximum atomic E-state index is 9.10. The Morgan fingerprint density at radius 3 is 2.32 bits per heavy atom. The second-order valence-electron chi connectivity index (χ2n) is 7.46. The number of hydrogen-bond donors (Lipinski definition) is 3. The van der Waals surface area contributed by atoms with Crippen molar-refractivity contribution in [1.82, 2.24) is 14.9 Å². The van der Waals surface area contributed by atoms with Crippen LogP contribution < -0.4 is 10.1 Å². The van der Waals surface area contributed by atoms with Crippen LogP contribution in [0.15, 0.2) is 48.5 Å². The first-order valence-electron chi connectivity index (χ1n) is 10.2. The van der Waals surface area contributed by atoms with Gasteiger partial charge >= 0.3 is 11.9 Å². The molecule has 0 saturated carbocycles. The summed E-state index contributed by atoms with van der Waals surface area (Å²) in [7, 11) is 1.70. The largest absolute Gasteiger partial charge is 0.497 e. The van der Waals surface area contributed by atoms with E-state index in [1.807, 2.05) is 12.1 Å². The van der Waals surface area contributed by atoms with Crippen molar-refractivity contribution < 1.29 is 24.5 Å². The van der Waals surface area contributed by atoms with Crippen molar-refractivity contribution in [3.8, 4) is 5.75 Å². The summed E-state index contributed by atoms with van der Waals surface area (Å²) in [6.07, 6.45) is 3.55. The number of benzene rings is 2. The molecular formula is C23H27N3O5. The highest BCUT2D eigenvalue weighted by molar-refractivity contribution is 6.27. The molecule has 1 saturated heterocycles. The molecule has 0 aliphatic carbocycles. The zero-order chi connectivity index (χ0) is 22.2. The number of nitrogens with zero attached hydrogens (tertiary/aromatic N) is 2. The van der Waals surface area contributed by atoms with Crippen LogP contribution in [0.25, 0.3) is 11.0 Å². The molecule has 3 aromatic rings. The fourth-order valence-electron chi connectivity index (χ4n) is 3.72. The average molecular weight is 425 g/mol. The third kappa shape index (κ3) is 6.05. The van der Waals surface area contributed by atoms with Crippen LogP contribution in [0.5, 0.6) is 5.75 Å². The number of nitrogens with one attached hydrogen (secondary N) is 1. The van der Waals surface area contributed by atoms with Crippen molar-refractivity contribution in [3.63, 3.8) is 0 Å². The van der Waals surface area contributed by atoms with Gasteiger partial charge < -0.3 is 24.8 Å². The van der Waals surface area contributed by atoms with Gasteiger partial charge in [0.15, 0.2) is 0 Å². The van der Waals surface area contributed by atoms with Crippen LogP contribution in [0.4, 0.5) is 0 Å². The molecule has 0 amide bonds. The first kappa shape index (κ1) is 22.3. The van der Waals surface area contributed by atoms with Crippen LogP contribution in [0.1, 0.15) is 24.2 Å². The lowest BCUT2D eigenvalue weighted by molar-refractivity contribution is -0.159. The third-order valence-corrected chi connectivity index (χ3v) is 5.35. The molecule has 0 unspecified atom stereocenters. The number of methoxy groups -OCH3 is 1. The Kier molecular flexibility index (Phi) is 7.61. The van der Waals surface area contributed by atoms with Crippen LogP contribution in [-0.2, 0) is 22.6 Å². The number of carboxylic acids is 2. The Bertz CT molecular complexity index is 1010. The molecule has 8 heteroatoms. The maximum Gasteiger partial charge on any atom is 0.414 e. The standard InChI is InChI=1S/C21H25N3O.C2H2O4/c1-25-18-8-6-17(7-9-18)15-24-20-5-3-2-4-19(20)23-21(24)14-16-10-12-22-13-11-16;3-1(4)2(5)6/h2-9,16,22H,10-15H2,1H3;(H,3,4)(H,5,6). The normalized spacial score (nSPS) is 14.0. The van der Waals surface area contributed by atoms with Gasteiger partial charge in [0.1, 0.15) is 11.6 Å². The van der Waals surface area contributed by atoms with Crippen LogP contribution in [0.3, 0.4) is 0 Å². The molecule has 164 valence electrons. The molecular weight excluding hydrogens is 398 g/mol. The zero-order valence-corrected chi connectivity index (χ0v) is 17.5.